The Morgan fingerprint density at radius 2 is 2.25 bits per heavy atom. The SMILES string of the molecule is CCCc1ncc(C(=O)N2CCCCC2c2noc(C3CC3)n2)s1. The molecule has 2 aliphatic rings. The highest BCUT2D eigenvalue weighted by Gasteiger charge is 2.35. The van der Waals surface area contributed by atoms with Gasteiger partial charge in [-0.15, -0.1) is 11.3 Å². The van der Waals surface area contributed by atoms with Crippen LogP contribution in [0.15, 0.2) is 10.7 Å². The topological polar surface area (TPSA) is 72.1 Å². The second-order valence-electron chi connectivity index (χ2n) is 6.64. The molecule has 2 fully saturated rings. The summed E-state index contributed by atoms with van der Waals surface area (Å²) in [5.41, 5.74) is 0. The highest BCUT2D eigenvalue weighted by Crippen LogP contribution is 2.40. The number of hydrogen-bond acceptors (Lipinski definition) is 6. The Morgan fingerprint density at radius 3 is 3.04 bits per heavy atom. The average molecular weight is 346 g/mol. The third-order valence-electron chi connectivity index (χ3n) is 4.67. The molecule has 3 heterocycles. The van der Waals surface area contributed by atoms with Gasteiger partial charge in [0.2, 0.25) is 5.89 Å². The number of piperidine rings is 1. The van der Waals surface area contributed by atoms with Gasteiger partial charge in [0, 0.05) is 12.5 Å². The van der Waals surface area contributed by atoms with Gasteiger partial charge in [0.1, 0.15) is 4.88 Å². The van der Waals surface area contributed by atoms with E-state index in [0.717, 1.165) is 67.3 Å². The van der Waals surface area contributed by atoms with Gasteiger partial charge >= 0.3 is 0 Å². The van der Waals surface area contributed by atoms with Crippen LogP contribution in [0.4, 0.5) is 0 Å². The number of hydrogen-bond donors (Lipinski definition) is 0. The van der Waals surface area contributed by atoms with E-state index in [1.807, 2.05) is 4.90 Å². The number of aryl methyl sites for hydroxylation is 1. The van der Waals surface area contributed by atoms with E-state index in [-0.39, 0.29) is 11.9 Å². The normalized spacial score (nSPS) is 21.2. The smallest absolute Gasteiger partial charge is 0.266 e. The maximum atomic E-state index is 13.0. The van der Waals surface area contributed by atoms with Crippen molar-refractivity contribution in [2.75, 3.05) is 6.54 Å². The summed E-state index contributed by atoms with van der Waals surface area (Å²) in [5, 5.41) is 5.20. The number of rotatable bonds is 5. The summed E-state index contributed by atoms with van der Waals surface area (Å²) in [7, 11) is 0. The highest BCUT2D eigenvalue weighted by atomic mass is 32.1. The van der Waals surface area contributed by atoms with Gasteiger partial charge in [-0.1, -0.05) is 12.1 Å². The van der Waals surface area contributed by atoms with Gasteiger partial charge in [-0.05, 0) is 44.9 Å². The molecule has 24 heavy (non-hydrogen) atoms. The monoisotopic (exact) mass is 346 g/mol. The first-order valence-electron chi connectivity index (χ1n) is 8.85. The van der Waals surface area contributed by atoms with Crippen molar-refractivity contribution in [3.05, 3.63) is 27.8 Å². The lowest BCUT2D eigenvalue weighted by atomic mass is 10.0. The molecule has 0 aromatic carbocycles. The molecule has 128 valence electrons. The van der Waals surface area contributed by atoms with Crippen LogP contribution in [0.1, 0.15) is 83.8 Å². The zero-order valence-electron chi connectivity index (χ0n) is 13.9. The Bertz CT molecular complexity index is 722. The molecule has 2 aromatic rings. The molecule has 0 bridgehead atoms. The first kappa shape index (κ1) is 15.7. The van der Waals surface area contributed by atoms with Gasteiger partial charge in [0.05, 0.1) is 17.2 Å². The summed E-state index contributed by atoms with van der Waals surface area (Å²) in [4.78, 5) is 24.5. The fraction of sp³-hybridized carbons (Fsp3) is 0.647. The summed E-state index contributed by atoms with van der Waals surface area (Å²) in [5.74, 6) is 1.91. The van der Waals surface area contributed by atoms with Crippen LogP contribution in [-0.4, -0.2) is 32.5 Å². The molecule has 1 unspecified atom stereocenters. The lowest BCUT2D eigenvalue weighted by Crippen LogP contribution is -2.38. The van der Waals surface area contributed by atoms with Gasteiger partial charge in [0.25, 0.3) is 5.91 Å². The molecule has 6 nitrogen and oxygen atoms in total. The fourth-order valence-electron chi connectivity index (χ4n) is 3.20. The van der Waals surface area contributed by atoms with Crippen molar-refractivity contribution in [2.45, 2.75) is 63.8 Å². The molecule has 0 N–H and O–H groups in total. The van der Waals surface area contributed by atoms with Crippen molar-refractivity contribution in [2.24, 2.45) is 0 Å². The van der Waals surface area contributed by atoms with Crippen LogP contribution in [-0.2, 0) is 6.42 Å². The van der Waals surface area contributed by atoms with Gasteiger partial charge < -0.3 is 9.42 Å². The summed E-state index contributed by atoms with van der Waals surface area (Å²) in [6, 6.07) is -0.0702. The van der Waals surface area contributed by atoms with Gasteiger partial charge in [-0.25, -0.2) is 4.98 Å². The Hall–Kier alpha value is -1.76. The molecule has 1 amide bonds. The summed E-state index contributed by atoms with van der Waals surface area (Å²) in [6.07, 6.45) is 8.97. The molecule has 1 atom stereocenters. The second-order valence-corrected chi connectivity index (χ2v) is 7.76. The summed E-state index contributed by atoms with van der Waals surface area (Å²) in [6.45, 7) is 2.87. The van der Waals surface area contributed by atoms with Crippen molar-refractivity contribution in [1.82, 2.24) is 20.0 Å². The van der Waals surface area contributed by atoms with Crippen LogP contribution in [0.2, 0.25) is 0 Å². The van der Waals surface area contributed by atoms with Crippen LogP contribution in [0.3, 0.4) is 0 Å². The summed E-state index contributed by atoms with van der Waals surface area (Å²) < 4.78 is 5.40. The minimum absolute atomic E-state index is 0.0531. The molecule has 2 aromatic heterocycles. The molecule has 0 spiro atoms. The zero-order chi connectivity index (χ0) is 16.5. The Labute approximate surface area is 145 Å². The Kier molecular flexibility index (Phi) is 4.35. The number of thiazole rings is 1. The van der Waals surface area contributed by atoms with Crippen LogP contribution >= 0.6 is 11.3 Å². The standard InChI is InChI=1S/C17H22N4O2S/c1-2-5-14-18-10-13(24-14)17(22)21-9-4-3-6-12(21)15-19-16(23-20-15)11-7-8-11/h10-12H,2-9H2,1H3. The first-order valence-corrected chi connectivity index (χ1v) is 9.67. The van der Waals surface area contributed by atoms with Crippen LogP contribution in [0, 0.1) is 0 Å². The number of amides is 1. The molecule has 1 aliphatic carbocycles. The molecule has 7 heteroatoms. The number of likely N-dealkylation sites (tertiary alicyclic amines) is 1. The molecular weight excluding hydrogens is 324 g/mol. The number of carbonyl (C=O) groups excluding carboxylic acids is 1. The highest BCUT2D eigenvalue weighted by molar-refractivity contribution is 7.13. The van der Waals surface area contributed by atoms with Crippen LogP contribution < -0.4 is 0 Å². The minimum atomic E-state index is -0.0702. The van der Waals surface area contributed by atoms with Crippen molar-refractivity contribution in [1.29, 1.82) is 0 Å². The van der Waals surface area contributed by atoms with Crippen molar-refractivity contribution in [3.63, 3.8) is 0 Å². The van der Waals surface area contributed by atoms with Crippen molar-refractivity contribution < 1.29 is 9.32 Å². The fourth-order valence-corrected chi connectivity index (χ4v) is 4.18. The van der Waals surface area contributed by atoms with E-state index in [1.54, 1.807) is 6.20 Å². The third-order valence-corrected chi connectivity index (χ3v) is 5.72. The van der Waals surface area contributed by atoms with E-state index in [2.05, 4.69) is 22.0 Å². The van der Waals surface area contributed by atoms with E-state index in [0.29, 0.717) is 11.7 Å². The van der Waals surface area contributed by atoms with Crippen molar-refractivity contribution >= 4 is 17.2 Å². The van der Waals surface area contributed by atoms with Crippen LogP contribution in [0.5, 0.6) is 0 Å². The second kappa shape index (κ2) is 6.63. The number of nitrogens with zero attached hydrogens (tertiary/aromatic N) is 4. The number of carbonyl (C=O) groups is 1. The van der Waals surface area contributed by atoms with E-state index in [4.69, 9.17) is 4.52 Å². The molecule has 0 radical (unpaired) electrons. The van der Waals surface area contributed by atoms with Crippen LogP contribution in [0.25, 0.3) is 0 Å². The molecule has 1 saturated carbocycles. The minimum Gasteiger partial charge on any atom is -0.339 e. The maximum absolute atomic E-state index is 13.0. The van der Waals surface area contributed by atoms with E-state index in [1.165, 1.54) is 11.3 Å². The molecule has 1 aliphatic heterocycles. The Balaban J connectivity index is 1.54. The molecule has 4 rings (SSSR count). The van der Waals surface area contributed by atoms with E-state index in [9.17, 15) is 4.79 Å². The van der Waals surface area contributed by atoms with Gasteiger partial charge in [-0.3, -0.25) is 4.79 Å². The third kappa shape index (κ3) is 3.09. The molecule has 1 saturated heterocycles. The first-order chi connectivity index (χ1) is 11.8. The van der Waals surface area contributed by atoms with E-state index < -0.39 is 0 Å². The van der Waals surface area contributed by atoms with Gasteiger partial charge in [0.15, 0.2) is 5.82 Å². The zero-order valence-corrected chi connectivity index (χ0v) is 14.7. The lowest BCUT2D eigenvalue weighted by Gasteiger charge is -2.33. The average Bonchev–Trinajstić information content (AvgIpc) is 3.16. The largest absolute Gasteiger partial charge is 0.339 e. The van der Waals surface area contributed by atoms with Crippen molar-refractivity contribution in [3.8, 4) is 0 Å². The number of aromatic nitrogens is 3. The lowest BCUT2D eigenvalue weighted by molar-refractivity contribution is 0.0601. The van der Waals surface area contributed by atoms with E-state index >= 15 is 0 Å². The van der Waals surface area contributed by atoms with Gasteiger partial charge in [-0.2, -0.15) is 4.98 Å². The maximum Gasteiger partial charge on any atom is 0.266 e. The molecular formula is C17H22N4O2S. The predicted molar refractivity (Wildman–Crippen MR) is 90.0 cm³/mol. The predicted octanol–water partition coefficient (Wildman–Crippen LogP) is 3.72. The Morgan fingerprint density at radius 1 is 1.38 bits per heavy atom. The quantitative estimate of drug-likeness (QED) is 0.825. The summed E-state index contributed by atoms with van der Waals surface area (Å²) >= 11 is 1.51.